The third-order valence-electron chi connectivity index (χ3n) is 6.60. The van der Waals surface area contributed by atoms with Gasteiger partial charge in [-0.05, 0) is 62.8 Å². The summed E-state index contributed by atoms with van der Waals surface area (Å²) in [6.45, 7) is 4.67. The lowest BCUT2D eigenvalue weighted by molar-refractivity contribution is -0.134. The highest BCUT2D eigenvalue weighted by Gasteiger charge is 2.37. The van der Waals surface area contributed by atoms with Crippen molar-refractivity contribution >= 4 is 17.7 Å². The van der Waals surface area contributed by atoms with Gasteiger partial charge in [-0.3, -0.25) is 14.4 Å². The fourth-order valence-electron chi connectivity index (χ4n) is 4.64. The van der Waals surface area contributed by atoms with Crippen LogP contribution in [0.4, 0.5) is 0 Å². The fourth-order valence-corrected chi connectivity index (χ4v) is 4.64. The number of rotatable bonds is 5. The zero-order valence-electron chi connectivity index (χ0n) is 18.6. The molecule has 2 aliphatic heterocycles. The minimum absolute atomic E-state index is 0.00934. The molecule has 0 radical (unpaired) electrons. The van der Waals surface area contributed by atoms with E-state index in [1.54, 1.807) is 12.1 Å². The van der Waals surface area contributed by atoms with Gasteiger partial charge in [0.1, 0.15) is 6.04 Å². The standard InChI is InChI=1S/C26H31N3O3/c1-19-9-11-22(12-10-19)25(31)29-17-13-20(14-18-29)23(26(32)28-15-5-6-16-28)27-24(30)21-7-3-2-4-8-21/h2-4,7-12,20,23H,5-6,13-18H2,1H3,(H,27,30)/t23-/m1/s1. The quantitative estimate of drug-likeness (QED) is 0.787. The van der Waals surface area contributed by atoms with Crippen molar-refractivity contribution < 1.29 is 14.4 Å². The Morgan fingerprint density at radius 3 is 2.06 bits per heavy atom. The molecule has 0 aliphatic carbocycles. The van der Waals surface area contributed by atoms with Gasteiger partial charge in [-0.15, -0.1) is 0 Å². The van der Waals surface area contributed by atoms with Gasteiger partial charge in [0.2, 0.25) is 5.91 Å². The van der Waals surface area contributed by atoms with Crippen LogP contribution in [0.15, 0.2) is 54.6 Å². The number of hydrogen-bond acceptors (Lipinski definition) is 3. The molecule has 2 aliphatic rings. The molecule has 168 valence electrons. The minimum Gasteiger partial charge on any atom is -0.341 e. The van der Waals surface area contributed by atoms with Gasteiger partial charge in [-0.1, -0.05) is 35.9 Å². The van der Waals surface area contributed by atoms with Crippen molar-refractivity contribution in [3.05, 3.63) is 71.3 Å². The number of likely N-dealkylation sites (tertiary alicyclic amines) is 2. The van der Waals surface area contributed by atoms with Gasteiger partial charge in [0, 0.05) is 37.3 Å². The van der Waals surface area contributed by atoms with E-state index >= 15 is 0 Å². The largest absolute Gasteiger partial charge is 0.341 e. The van der Waals surface area contributed by atoms with Crippen molar-refractivity contribution in [2.75, 3.05) is 26.2 Å². The predicted octanol–water partition coefficient (Wildman–Crippen LogP) is 3.27. The summed E-state index contributed by atoms with van der Waals surface area (Å²) in [4.78, 5) is 42.8. The highest BCUT2D eigenvalue weighted by atomic mass is 16.2. The average Bonchev–Trinajstić information content (AvgIpc) is 3.38. The van der Waals surface area contributed by atoms with Gasteiger partial charge in [-0.25, -0.2) is 0 Å². The molecule has 1 atom stereocenters. The zero-order chi connectivity index (χ0) is 22.5. The third kappa shape index (κ3) is 5.01. The number of aryl methyl sites for hydroxylation is 1. The Hall–Kier alpha value is -3.15. The summed E-state index contributed by atoms with van der Waals surface area (Å²) < 4.78 is 0. The Morgan fingerprint density at radius 2 is 1.44 bits per heavy atom. The molecule has 1 N–H and O–H groups in total. The van der Waals surface area contributed by atoms with Crippen molar-refractivity contribution in [1.82, 2.24) is 15.1 Å². The van der Waals surface area contributed by atoms with Crippen LogP contribution in [-0.4, -0.2) is 59.7 Å². The number of amides is 3. The van der Waals surface area contributed by atoms with E-state index in [4.69, 9.17) is 0 Å². The second-order valence-electron chi connectivity index (χ2n) is 8.85. The molecule has 0 unspecified atom stereocenters. The molecular formula is C26H31N3O3. The normalized spacial score (nSPS) is 17.8. The first-order valence-corrected chi connectivity index (χ1v) is 11.5. The van der Waals surface area contributed by atoms with Crippen LogP contribution in [0.1, 0.15) is 52.0 Å². The number of carbonyl (C=O) groups is 3. The van der Waals surface area contributed by atoms with Crippen LogP contribution in [0.2, 0.25) is 0 Å². The van der Waals surface area contributed by atoms with Crippen LogP contribution in [0.3, 0.4) is 0 Å². The lowest BCUT2D eigenvalue weighted by atomic mass is 9.88. The minimum atomic E-state index is -0.558. The Kier molecular flexibility index (Phi) is 6.88. The molecule has 0 saturated carbocycles. The summed E-state index contributed by atoms with van der Waals surface area (Å²) in [6.07, 6.45) is 3.40. The highest BCUT2D eigenvalue weighted by Crippen LogP contribution is 2.25. The molecule has 6 heteroatoms. The van der Waals surface area contributed by atoms with Crippen molar-refractivity contribution in [2.45, 2.75) is 38.6 Å². The van der Waals surface area contributed by atoms with E-state index in [0.29, 0.717) is 37.1 Å². The fraction of sp³-hybridized carbons (Fsp3) is 0.423. The molecule has 0 spiro atoms. The monoisotopic (exact) mass is 433 g/mol. The molecule has 2 saturated heterocycles. The van der Waals surface area contributed by atoms with Gasteiger partial charge in [-0.2, -0.15) is 0 Å². The number of nitrogens with one attached hydrogen (secondary N) is 1. The Bertz CT molecular complexity index is 944. The Balaban J connectivity index is 1.44. The maximum Gasteiger partial charge on any atom is 0.253 e. The summed E-state index contributed by atoms with van der Waals surface area (Å²) >= 11 is 0. The van der Waals surface area contributed by atoms with E-state index in [2.05, 4.69) is 5.32 Å². The van der Waals surface area contributed by atoms with Crippen molar-refractivity contribution in [2.24, 2.45) is 5.92 Å². The third-order valence-corrected chi connectivity index (χ3v) is 6.60. The molecule has 2 aromatic carbocycles. The lowest BCUT2D eigenvalue weighted by Gasteiger charge is -2.37. The van der Waals surface area contributed by atoms with E-state index < -0.39 is 6.04 Å². The summed E-state index contributed by atoms with van der Waals surface area (Å²) in [5, 5.41) is 3.03. The van der Waals surface area contributed by atoms with Gasteiger partial charge in [0.15, 0.2) is 0 Å². The second-order valence-corrected chi connectivity index (χ2v) is 8.85. The summed E-state index contributed by atoms with van der Waals surface area (Å²) in [7, 11) is 0. The van der Waals surface area contributed by atoms with Crippen molar-refractivity contribution in [1.29, 1.82) is 0 Å². The molecule has 2 heterocycles. The highest BCUT2D eigenvalue weighted by molar-refractivity contribution is 5.97. The first-order chi connectivity index (χ1) is 15.5. The molecule has 2 aromatic rings. The van der Waals surface area contributed by atoms with Crippen LogP contribution in [0, 0.1) is 12.8 Å². The first kappa shape index (κ1) is 22.1. The first-order valence-electron chi connectivity index (χ1n) is 11.5. The van der Waals surface area contributed by atoms with Gasteiger partial charge in [0.25, 0.3) is 11.8 Å². The summed E-state index contributed by atoms with van der Waals surface area (Å²) in [5.41, 5.74) is 2.37. The molecule has 3 amide bonds. The zero-order valence-corrected chi connectivity index (χ0v) is 18.6. The SMILES string of the molecule is Cc1ccc(C(=O)N2CCC([C@@H](NC(=O)c3ccccc3)C(=O)N3CCCC3)CC2)cc1. The van der Waals surface area contributed by atoms with E-state index in [1.165, 1.54) is 0 Å². The molecule has 6 nitrogen and oxygen atoms in total. The van der Waals surface area contributed by atoms with E-state index in [1.807, 2.05) is 59.2 Å². The molecule has 0 aromatic heterocycles. The van der Waals surface area contributed by atoms with Crippen molar-refractivity contribution in [3.8, 4) is 0 Å². The smallest absolute Gasteiger partial charge is 0.253 e. The van der Waals surface area contributed by atoms with E-state index in [9.17, 15) is 14.4 Å². The number of piperidine rings is 1. The van der Waals surface area contributed by atoms with Gasteiger partial charge < -0.3 is 15.1 Å². The molecule has 4 rings (SSSR count). The number of hydrogen-bond donors (Lipinski definition) is 1. The number of carbonyl (C=O) groups excluding carboxylic acids is 3. The Morgan fingerprint density at radius 1 is 0.812 bits per heavy atom. The molecule has 0 bridgehead atoms. The van der Waals surface area contributed by atoms with E-state index in [-0.39, 0.29) is 23.6 Å². The summed E-state index contributed by atoms with van der Waals surface area (Å²) in [6, 6.07) is 16.1. The molecule has 32 heavy (non-hydrogen) atoms. The van der Waals surface area contributed by atoms with Crippen LogP contribution in [-0.2, 0) is 4.79 Å². The van der Waals surface area contributed by atoms with E-state index in [0.717, 1.165) is 31.5 Å². The van der Waals surface area contributed by atoms with Gasteiger partial charge >= 0.3 is 0 Å². The topological polar surface area (TPSA) is 69.7 Å². The van der Waals surface area contributed by atoms with Crippen LogP contribution in [0.5, 0.6) is 0 Å². The van der Waals surface area contributed by atoms with Crippen LogP contribution >= 0.6 is 0 Å². The number of benzene rings is 2. The average molecular weight is 434 g/mol. The second kappa shape index (κ2) is 9.98. The summed E-state index contributed by atoms with van der Waals surface area (Å²) in [5.74, 6) is -0.173. The van der Waals surface area contributed by atoms with Crippen molar-refractivity contribution in [3.63, 3.8) is 0 Å². The molecular weight excluding hydrogens is 402 g/mol. The van der Waals surface area contributed by atoms with Gasteiger partial charge in [0.05, 0.1) is 0 Å². The maximum absolute atomic E-state index is 13.3. The lowest BCUT2D eigenvalue weighted by Crippen LogP contribution is -2.54. The van der Waals surface area contributed by atoms with Crippen LogP contribution in [0.25, 0.3) is 0 Å². The van der Waals surface area contributed by atoms with Crippen LogP contribution < -0.4 is 5.32 Å². The Labute approximate surface area is 189 Å². The number of nitrogens with zero attached hydrogens (tertiary/aromatic N) is 2. The molecule has 2 fully saturated rings. The predicted molar refractivity (Wildman–Crippen MR) is 123 cm³/mol. The maximum atomic E-state index is 13.3.